The number of nitrogens with zero attached hydrogens (tertiary/aromatic N) is 2. The lowest BCUT2D eigenvalue weighted by atomic mass is 10.0. The lowest BCUT2D eigenvalue weighted by Crippen LogP contribution is -2.35. The maximum Gasteiger partial charge on any atom is 0.254 e. The van der Waals surface area contributed by atoms with Gasteiger partial charge in [-0.1, -0.05) is 0 Å². The van der Waals surface area contributed by atoms with Crippen molar-refractivity contribution in [2.24, 2.45) is 0 Å². The van der Waals surface area contributed by atoms with Crippen LogP contribution in [0.5, 0.6) is 17.2 Å². The fourth-order valence-electron chi connectivity index (χ4n) is 3.86. The van der Waals surface area contributed by atoms with Crippen LogP contribution in [-0.4, -0.2) is 42.7 Å². The lowest BCUT2D eigenvalue weighted by Gasteiger charge is -2.28. The van der Waals surface area contributed by atoms with Gasteiger partial charge in [0.05, 0.1) is 27.0 Å². The second-order valence-corrected chi connectivity index (χ2v) is 7.44. The number of fused-ring (bicyclic) bond motifs is 1. The van der Waals surface area contributed by atoms with Crippen molar-refractivity contribution in [3.05, 3.63) is 63.6 Å². The molecule has 2 aromatic carbocycles. The molecule has 1 aliphatic rings. The van der Waals surface area contributed by atoms with E-state index in [1.54, 1.807) is 33.5 Å². The molecule has 1 aliphatic heterocycles. The Bertz CT molecular complexity index is 1140. The molecule has 0 amide bonds. The predicted octanol–water partition coefficient (Wildman–Crippen LogP) is 2.60. The van der Waals surface area contributed by atoms with Crippen molar-refractivity contribution in [1.82, 2.24) is 14.9 Å². The van der Waals surface area contributed by atoms with E-state index in [-0.39, 0.29) is 5.56 Å². The highest BCUT2D eigenvalue weighted by Crippen LogP contribution is 2.35. The van der Waals surface area contributed by atoms with Gasteiger partial charge in [-0.3, -0.25) is 9.69 Å². The molecule has 3 N–H and O–H groups in total. The Morgan fingerprint density at radius 2 is 1.71 bits per heavy atom. The summed E-state index contributed by atoms with van der Waals surface area (Å²) in [6, 6.07) is 11.1. The van der Waals surface area contributed by atoms with Crippen LogP contribution < -0.4 is 25.5 Å². The zero-order chi connectivity index (χ0) is 22.0. The van der Waals surface area contributed by atoms with Gasteiger partial charge in [0, 0.05) is 48.1 Å². The highest BCUT2D eigenvalue weighted by atomic mass is 16.5. The number of nitrogen functional groups attached to an aromatic ring is 1. The summed E-state index contributed by atoms with van der Waals surface area (Å²) in [5, 5.41) is 0. The summed E-state index contributed by atoms with van der Waals surface area (Å²) < 4.78 is 16.4. The van der Waals surface area contributed by atoms with E-state index in [1.165, 1.54) is 0 Å². The van der Waals surface area contributed by atoms with Crippen LogP contribution in [-0.2, 0) is 19.5 Å². The van der Waals surface area contributed by atoms with Crippen LogP contribution in [0, 0.1) is 0 Å². The summed E-state index contributed by atoms with van der Waals surface area (Å²) in [4.78, 5) is 22.6. The topological polar surface area (TPSA) is 103 Å². The zero-order valence-electron chi connectivity index (χ0n) is 17.9. The molecule has 0 unspecified atom stereocenters. The first-order chi connectivity index (χ1) is 15.0. The van der Waals surface area contributed by atoms with Crippen molar-refractivity contribution in [3.8, 4) is 28.6 Å². The van der Waals surface area contributed by atoms with Gasteiger partial charge in [0.25, 0.3) is 5.56 Å². The van der Waals surface area contributed by atoms with Crippen molar-refractivity contribution >= 4 is 5.69 Å². The van der Waals surface area contributed by atoms with Crippen molar-refractivity contribution in [2.45, 2.75) is 19.5 Å². The molecule has 0 spiro atoms. The van der Waals surface area contributed by atoms with Crippen LogP contribution in [0.1, 0.15) is 16.8 Å². The van der Waals surface area contributed by atoms with Gasteiger partial charge in [-0.05, 0) is 36.8 Å². The first kappa shape index (κ1) is 20.7. The van der Waals surface area contributed by atoms with Crippen molar-refractivity contribution < 1.29 is 14.2 Å². The molecule has 0 bridgehead atoms. The Labute approximate surface area is 180 Å². The number of H-pyrrole nitrogens is 1. The molecule has 31 heavy (non-hydrogen) atoms. The summed E-state index contributed by atoms with van der Waals surface area (Å²) in [5.41, 5.74) is 9.70. The second kappa shape index (κ2) is 8.69. The Morgan fingerprint density at radius 3 is 2.39 bits per heavy atom. The minimum absolute atomic E-state index is 0.0832. The number of methoxy groups -OCH3 is 3. The molecular weight excluding hydrogens is 396 g/mol. The largest absolute Gasteiger partial charge is 0.496 e. The molecule has 0 radical (unpaired) electrons. The number of benzene rings is 2. The van der Waals surface area contributed by atoms with E-state index in [9.17, 15) is 4.79 Å². The standard InChI is InChI=1S/C23H26N4O4/c1-29-19-11-21(31-3)20(30-2)10-15(19)12-27-9-8-17-18(13-27)25-22(26-23(17)28)14-4-6-16(24)7-5-14/h4-7,10-11H,8-9,12-13,24H2,1-3H3,(H,25,26,28). The number of nitrogens with two attached hydrogens (primary N) is 1. The quantitative estimate of drug-likeness (QED) is 0.589. The van der Waals surface area contributed by atoms with E-state index in [4.69, 9.17) is 24.9 Å². The van der Waals surface area contributed by atoms with Crippen LogP contribution in [0.15, 0.2) is 41.2 Å². The summed E-state index contributed by atoms with van der Waals surface area (Å²) in [7, 11) is 4.84. The van der Waals surface area contributed by atoms with Gasteiger partial charge in [0.2, 0.25) is 0 Å². The maximum atomic E-state index is 12.7. The van der Waals surface area contributed by atoms with Crippen molar-refractivity contribution in [2.75, 3.05) is 33.6 Å². The molecule has 0 aliphatic carbocycles. The van der Waals surface area contributed by atoms with E-state index in [1.807, 2.05) is 24.3 Å². The normalized spacial score (nSPS) is 13.5. The van der Waals surface area contributed by atoms with Crippen LogP contribution >= 0.6 is 0 Å². The molecule has 3 aromatic rings. The highest BCUT2D eigenvalue weighted by Gasteiger charge is 2.23. The fraction of sp³-hybridized carbons (Fsp3) is 0.304. The monoisotopic (exact) mass is 422 g/mol. The number of hydrogen-bond acceptors (Lipinski definition) is 7. The molecule has 0 atom stereocenters. The van der Waals surface area contributed by atoms with Crippen LogP contribution in [0.2, 0.25) is 0 Å². The first-order valence-corrected chi connectivity index (χ1v) is 10.0. The summed E-state index contributed by atoms with van der Waals surface area (Å²) in [5.74, 6) is 2.54. The van der Waals surface area contributed by atoms with E-state index in [2.05, 4.69) is 9.88 Å². The van der Waals surface area contributed by atoms with Crippen LogP contribution in [0.4, 0.5) is 5.69 Å². The molecule has 8 nitrogen and oxygen atoms in total. The maximum absolute atomic E-state index is 12.7. The van der Waals surface area contributed by atoms with Gasteiger partial charge in [-0.25, -0.2) is 4.98 Å². The van der Waals surface area contributed by atoms with Crippen LogP contribution in [0.3, 0.4) is 0 Å². The minimum Gasteiger partial charge on any atom is -0.496 e. The average molecular weight is 422 g/mol. The number of hydrogen-bond donors (Lipinski definition) is 2. The Kier molecular flexibility index (Phi) is 5.81. The summed E-state index contributed by atoms with van der Waals surface area (Å²) >= 11 is 0. The lowest BCUT2D eigenvalue weighted by molar-refractivity contribution is 0.236. The number of aromatic nitrogens is 2. The molecule has 1 aromatic heterocycles. The third kappa shape index (κ3) is 4.20. The van der Waals surface area contributed by atoms with E-state index in [0.29, 0.717) is 42.5 Å². The van der Waals surface area contributed by atoms with Crippen molar-refractivity contribution in [1.29, 1.82) is 0 Å². The predicted molar refractivity (Wildman–Crippen MR) is 119 cm³/mol. The zero-order valence-corrected chi connectivity index (χ0v) is 17.9. The van der Waals surface area contributed by atoms with Gasteiger partial charge in [-0.2, -0.15) is 0 Å². The molecule has 0 fully saturated rings. The second-order valence-electron chi connectivity index (χ2n) is 7.44. The molecular formula is C23H26N4O4. The number of ether oxygens (including phenoxy) is 3. The van der Waals surface area contributed by atoms with Gasteiger partial charge in [0.15, 0.2) is 11.5 Å². The molecule has 162 valence electrons. The third-order valence-corrected chi connectivity index (χ3v) is 5.52. The smallest absolute Gasteiger partial charge is 0.254 e. The molecule has 8 heteroatoms. The van der Waals surface area contributed by atoms with Crippen LogP contribution in [0.25, 0.3) is 11.4 Å². The average Bonchev–Trinajstić information content (AvgIpc) is 2.79. The SMILES string of the molecule is COc1cc(OC)c(OC)cc1CN1CCc2c(nc(-c3ccc(N)cc3)[nH]c2=O)C1. The first-order valence-electron chi connectivity index (χ1n) is 10.0. The van der Waals surface area contributed by atoms with Gasteiger partial charge >= 0.3 is 0 Å². The minimum atomic E-state index is -0.0832. The molecule has 0 saturated carbocycles. The molecule has 0 saturated heterocycles. The number of rotatable bonds is 6. The van der Waals surface area contributed by atoms with Gasteiger partial charge < -0.3 is 24.9 Å². The fourth-order valence-corrected chi connectivity index (χ4v) is 3.86. The third-order valence-electron chi connectivity index (χ3n) is 5.52. The van der Waals surface area contributed by atoms with E-state index >= 15 is 0 Å². The highest BCUT2D eigenvalue weighted by molar-refractivity contribution is 5.59. The Hall–Kier alpha value is -3.52. The summed E-state index contributed by atoms with van der Waals surface area (Å²) in [6.45, 7) is 1.95. The molecule has 4 rings (SSSR count). The van der Waals surface area contributed by atoms with E-state index in [0.717, 1.165) is 34.7 Å². The van der Waals surface area contributed by atoms with E-state index < -0.39 is 0 Å². The summed E-state index contributed by atoms with van der Waals surface area (Å²) in [6.07, 6.45) is 0.634. The number of anilines is 1. The van der Waals surface area contributed by atoms with Gasteiger partial charge in [0.1, 0.15) is 11.6 Å². The number of nitrogens with one attached hydrogen (secondary N) is 1. The molecule has 2 heterocycles. The van der Waals surface area contributed by atoms with Crippen molar-refractivity contribution in [3.63, 3.8) is 0 Å². The Morgan fingerprint density at radius 1 is 1.03 bits per heavy atom. The van der Waals surface area contributed by atoms with Gasteiger partial charge in [-0.15, -0.1) is 0 Å². The Balaban J connectivity index is 1.62. The number of aromatic amines is 1.